The van der Waals surface area contributed by atoms with Gasteiger partial charge in [-0.05, 0) is 67.9 Å². The molecule has 0 radical (unpaired) electrons. The molecule has 1 aliphatic heterocycles. The zero-order valence-corrected chi connectivity index (χ0v) is 23.8. The number of carbonyl (C=O) groups excluding carboxylic acids is 1. The molecule has 1 amide bonds. The lowest BCUT2D eigenvalue weighted by Crippen LogP contribution is -2.34. The van der Waals surface area contributed by atoms with Crippen LogP contribution in [0.15, 0.2) is 96.1 Å². The minimum Gasteiger partial charge on any atom is -0.457 e. The molecule has 1 fully saturated rings. The number of nitrogen functional groups attached to an aromatic ring is 1. The molecule has 0 saturated carbocycles. The van der Waals surface area contributed by atoms with Crippen LogP contribution in [0.5, 0.6) is 11.5 Å². The Morgan fingerprint density at radius 3 is 2.66 bits per heavy atom. The second-order valence-corrected chi connectivity index (χ2v) is 10.3. The first kappa shape index (κ1) is 28.8. The lowest BCUT2D eigenvalue weighted by Gasteiger charge is -2.14. The van der Waals surface area contributed by atoms with E-state index in [0.717, 1.165) is 13.0 Å². The Hall–Kier alpha value is -5.33. The van der Waals surface area contributed by atoms with E-state index in [2.05, 4.69) is 20.6 Å². The van der Waals surface area contributed by atoms with Crippen LogP contribution in [0.3, 0.4) is 0 Å². The van der Waals surface area contributed by atoms with E-state index < -0.39 is 11.5 Å². The van der Waals surface area contributed by atoms with E-state index in [1.165, 1.54) is 33.7 Å². The molecule has 3 aromatic carbocycles. The SMILES string of the molecule is CC1OCCC1NC/C=C/C(=O)Nc1cccc(-n2c(=O)n(-c3ccc(Oc4cccc(F)c4)cc3)c3c(N)ncnc32)c1. The van der Waals surface area contributed by atoms with E-state index in [0.29, 0.717) is 46.3 Å². The number of fused-ring (bicyclic) bond motifs is 1. The highest BCUT2D eigenvalue weighted by Gasteiger charge is 2.23. The molecule has 0 aliphatic carbocycles. The lowest BCUT2D eigenvalue weighted by atomic mass is 10.1. The van der Waals surface area contributed by atoms with Crippen LogP contribution in [0.1, 0.15) is 13.3 Å². The van der Waals surface area contributed by atoms with Crippen LogP contribution in [0.2, 0.25) is 0 Å². The minimum absolute atomic E-state index is 0.118. The predicted octanol–water partition coefficient (Wildman–Crippen LogP) is 4.35. The van der Waals surface area contributed by atoms with Crippen LogP contribution >= 0.6 is 0 Å². The summed E-state index contributed by atoms with van der Waals surface area (Å²) >= 11 is 0. The topological polar surface area (TPSA) is 138 Å². The summed E-state index contributed by atoms with van der Waals surface area (Å²) < 4.78 is 27.7. The molecule has 2 unspecified atom stereocenters. The van der Waals surface area contributed by atoms with Crippen LogP contribution in [0.4, 0.5) is 15.9 Å². The van der Waals surface area contributed by atoms with Crippen LogP contribution in [-0.2, 0) is 9.53 Å². The van der Waals surface area contributed by atoms with Crippen molar-refractivity contribution in [2.75, 3.05) is 24.2 Å². The first-order chi connectivity index (χ1) is 21.4. The van der Waals surface area contributed by atoms with Gasteiger partial charge in [0, 0.05) is 37.0 Å². The van der Waals surface area contributed by atoms with Crippen molar-refractivity contribution in [1.82, 2.24) is 24.4 Å². The van der Waals surface area contributed by atoms with Gasteiger partial charge in [-0.25, -0.2) is 23.7 Å². The third-order valence-corrected chi connectivity index (χ3v) is 7.29. The number of carbonyl (C=O) groups is 1. The van der Waals surface area contributed by atoms with Crippen LogP contribution in [0.25, 0.3) is 22.5 Å². The number of halogens is 1. The van der Waals surface area contributed by atoms with Gasteiger partial charge in [-0.3, -0.25) is 9.36 Å². The molecule has 2 atom stereocenters. The lowest BCUT2D eigenvalue weighted by molar-refractivity contribution is -0.111. The maximum absolute atomic E-state index is 13.9. The standard InChI is InChI=1S/C32H30FN7O4/c1-20-27(14-16-43-20)35-15-4-9-28(41)38-22-6-3-7-24(18-22)40-31-29(30(34)36-19-37-31)39(32(40)42)23-10-12-25(13-11-23)44-26-8-2-5-21(33)17-26/h2-13,17-20,27,35H,14-16H2,1H3,(H,38,41)(H2,34,36,37)/b9-4+. The summed E-state index contributed by atoms with van der Waals surface area (Å²) in [5.74, 6) is 0.202. The normalized spacial score (nSPS) is 16.5. The van der Waals surface area contributed by atoms with Gasteiger partial charge in [-0.1, -0.05) is 18.2 Å². The van der Waals surface area contributed by atoms with Gasteiger partial charge in [-0.15, -0.1) is 0 Å². The average Bonchev–Trinajstić information content (AvgIpc) is 3.56. The van der Waals surface area contributed by atoms with E-state index >= 15 is 0 Å². The number of aromatic nitrogens is 4. The Morgan fingerprint density at radius 1 is 1.07 bits per heavy atom. The largest absolute Gasteiger partial charge is 0.457 e. The molecule has 1 aliphatic rings. The summed E-state index contributed by atoms with van der Waals surface area (Å²) in [6, 6.07) is 19.7. The Bertz CT molecular complexity index is 1900. The van der Waals surface area contributed by atoms with E-state index in [-0.39, 0.29) is 23.9 Å². The molecule has 6 rings (SSSR count). The number of nitrogens with zero attached hydrogens (tertiary/aromatic N) is 4. The molecule has 0 bridgehead atoms. The quantitative estimate of drug-likeness (QED) is 0.214. The van der Waals surface area contributed by atoms with Gasteiger partial charge in [0.1, 0.15) is 29.2 Å². The number of hydrogen-bond donors (Lipinski definition) is 3. The summed E-state index contributed by atoms with van der Waals surface area (Å²) in [5.41, 5.74) is 7.88. The van der Waals surface area contributed by atoms with Crippen molar-refractivity contribution in [3.05, 3.63) is 108 Å². The highest BCUT2D eigenvalue weighted by atomic mass is 19.1. The maximum atomic E-state index is 13.9. The van der Waals surface area contributed by atoms with E-state index in [9.17, 15) is 14.0 Å². The summed E-state index contributed by atoms with van der Waals surface area (Å²) in [5, 5.41) is 6.21. The highest BCUT2D eigenvalue weighted by Crippen LogP contribution is 2.27. The van der Waals surface area contributed by atoms with Crippen molar-refractivity contribution < 1.29 is 18.7 Å². The molecular formula is C32H30FN7O4. The van der Waals surface area contributed by atoms with Gasteiger partial charge in [0.2, 0.25) is 5.91 Å². The predicted molar refractivity (Wildman–Crippen MR) is 165 cm³/mol. The summed E-state index contributed by atoms with van der Waals surface area (Å²) in [4.78, 5) is 35.0. The molecule has 1 saturated heterocycles. The number of rotatable bonds is 9. The van der Waals surface area contributed by atoms with E-state index in [1.807, 2.05) is 6.92 Å². The first-order valence-corrected chi connectivity index (χ1v) is 14.1. The van der Waals surface area contributed by atoms with Crippen molar-refractivity contribution >= 4 is 28.6 Å². The van der Waals surface area contributed by atoms with Crippen molar-refractivity contribution in [2.24, 2.45) is 0 Å². The number of benzene rings is 3. The monoisotopic (exact) mass is 595 g/mol. The van der Waals surface area contributed by atoms with Crippen molar-refractivity contribution in [1.29, 1.82) is 0 Å². The smallest absolute Gasteiger partial charge is 0.339 e. The van der Waals surface area contributed by atoms with E-state index in [1.54, 1.807) is 66.7 Å². The van der Waals surface area contributed by atoms with Crippen LogP contribution < -0.4 is 26.8 Å². The number of nitrogens with one attached hydrogen (secondary N) is 2. The first-order valence-electron chi connectivity index (χ1n) is 14.1. The minimum atomic E-state index is -0.439. The second kappa shape index (κ2) is 12.5. The molecule has 0 spiro atoms. The number of ether oxygens (including phenoxy) is 2. The number of hydrogen-bond acceptors (Lipinski definition) is 8. The number of amides is 1. The molecule has 3 heterocycles. The number of nitrogens with two attached hydrogens (primary N) is 1. The molecule has 2 aromatic heterocycles. The van der Waals surface area contributed by atoms with Gasteiger partial charge in [0.15, 0.2) is 11.5 Å². The van der Waals surface area contributed by atoms with Gasteiger partial charge in [0.05, 0.1) is 17.5 Å². The molecule has 11 nitrogen and oxygen atoms in total. The number of imidazole rings is 1. The molecule has 224 valence electrons. The van der Waals surface area contributed by atoms with Crippen molar-refractivity contribution in [2.45, 2.75) is 25.5 Å². The van der Waals surface area contributed by atoms with Crippen LogP contribution in [0, 0.1) is 5.82 Å². The zero-order valence-electron chi connectivity index (χ0n) is 23.8. The summed E-state index contributed by atoms with van der Waals surface area (Å²) in [6.45, 7) is 3.30. The molecule has 12 heteroatoms. The Morgan fingerprint density at radius 2 is 1.89 bits per heavy atom. The van der Waals surface area contributed by atoms with Crippen molar-refractivity contribution in [3.8, 4) is 22.9 Å². The Labute approximate surface area is 251 Å². The summed E-state index contributed by atoms with van der Waals surface area (Å²) in [6.07, 6.45) is 5.60. The van der Waals surface area contributed by atoms with E-state index in [4.69, 9.17) is 15.2 Å². The van der Waals surface area contributed by atoms with Gasteiger partial charge < -0.3 is 25.8 Å². The van der Waals surface area contributed by atoms with Crippen molar-refractivity contribution in [3.63, 3.8) is 0 Å². The molecule has 4 N–H and O–H groups in total. The third-order valence-electron chi connectivity index (χ3n) is 7.29. The third kappa shape index (κ3) is 6.07. The maximum Gasteiger partial charge on any atom is 0.339 e. The Balaban J connectivity index is 1.25. The second-order valence-electron chi connectivity index (χ2n) is 10.3. The van der Waals surface area contributed by atoms with Gasteiger partial charge in [-0.2, -0.15) is 0 Å². The highest BCUT2D eigenvalue weighted by molar-refractivity contribution is 5.99. The zero-order chi connectivity index (χ0) is 30.6. The van der Waals surface area contributed by atoms with Gasteiger partial charge >= 0.3 is 5.69 Å². The fourth-order valence-electron chi connectivity index (χ4n) is 5.14. The molecule has 5 aromatic rings. The fourth-order valence-corrected chi connectivity index (χ4v) is 5.14. The van der Waals surface area contributed by atoms with Gasteiger partial charge in [0.25, 0.3) is 0 Å². The molecular weight excluding hydrogens is 565 g/mol. The fraction of sp³-hybridized carbons (Fsp3) is 0.188. The summed E-state index contributed by atoms with van der Waals surface area (Å²) in [7, 11) is 0. The average molecular weight is 596 g/mol. The molecule has 44 heavy (non-hydrogen) atoms. The van der Waals surface area contributed by atoms with Crippen LogP contribution in [-0.4, -0.2) is 50.3 Å². The Kier molecular flexibility index (Phi) is 8.17. The number of anilines is 2.